The van der Waals surface area contributed by atoms with Crippen molar-refractivity contribution in [1.29, 1.82) is 0 Å². The summed E-state index contributed by atoms with van der Waals surface area (Å²) in [4.78, 5) is 24.9. The van der Waals surface area contributed by atoms with Crippen LogP contribution >= 0.6 is 0 Å². The molecule has 0 amide bonds. The Labute approximate surface area is 134 Å². The quantitative estimate of drug-likeness (QED) is 0.530. The van der Waals surface area contributed by atoms with Crippen molar-refractivity contribution in [2.45, 2.75) is 6.92 Å². The van der Waals surface area contributed by atoms with Crippen molar-refractivity contribution in [2.75, 3.05) is 0 Å². The number of aromatic nitrogens is 2. The second kappa shape index (κ2) is 5.88. The normalized spacial score (nSPS) is 10.5. The zero-order chi connectivity index (χ0) is 17.3. The highest BCUT2D eigenvalue weighted by Crippen LogP contribution is 2.28. The van der Waals surface area contributed by atoms with Crippen molar-refractivity contribution in [2.24, 2.45) is 0 Å². The van der Waals surface area contributed by atoms with Crippen molar-refractivity contribution in [1.82, 2.24) is 10.1 Å². The van der Waals surface area contributed by atoms with E-state index in [1.807, 2.05) is 0 Å². The van der Waals surface area contributed by atoms with Gasteiger partial charge in [0.2, 0.25) is 5.82 Å². The summed E-state index contributed by atoms with van der Waals surface area (Å²) in [5.41, 5.74) is 1.41. The van der Waals surface area contributed by atoms with Crippen molar-refractivity contribution in [3.05, 3.63) is 68.3 Å². The van der Waals surface area contributed by atoms with Gasteiger partial charge in [0.25, 0.3) is 17.3 Å². The minimum absolute atomic E-state index is 0.0393. The average molecular weight is 326 g/mol. The number of nitro groups is 2. The highest BCUT2D eigenvalue weighted by molar-refractivity contribution is 5.63. The molecule has 0 aliphatic heterocycles. The lowest BCUT2D eigenvalue weighted by molar-refractivity contribution is -0.385. The van der Waals surface area contributed by atoms with E-state index in [1.54, 1.807) is 19.1 Å². The first-order chi connectivity index (χ1) is 11.5. The van der Waals surface area contributed by atoms with E-state index in [2.05, 4.69) is 10.1 Å². The lowest BCUT2D eigenvalue weighted by Crippen LogP contribution is -1.92. The molecular formula is C15H10N4O5. The molecular weight excluding hydrogens is 316 g/mol. The smallest absolute Gasteiger partial charge is 0.273 e. The molecule has 0 saturated carbocycles. The Balaban J connectivity index is 1.95. The van der Waals surface area contributed by atoms with Gasteiger partial charge in [0.1, 0.15) is 0 Å². The van der Waals surface area contributed by atoms with E-state index in [0.29, 0.717) is 16.7 Å². The van der Waals surface area contributed by atoms with Gasteiger partial charge in [-0.25, -0.2) is 0 Å². The highest BCUT2D eigenvalue weighted by atomic mass is 16.6. The molecule has 0 radical (unpaired) electrons. The fraction of sp³-hybridized carbons (Fsp3) is 0.0667. The van der Waals surface area contributed by atoms with E-state index in [1.165, 1.54) is 30.3 Å². The highest BCUT2D eigenvalue weighted by Gasteiger charge is 2.16. The van der Waals surface area contributed by atoms with Gasteiger partial charge in [-0.3, -0.25) is 20.2 Å². The van der Waals surface area contributed by atoms with E-state index in [9.17, 15) is 20.2 Å². The number of nitrogens with zero attached hydrogens (tertiary/aromatic N) is 4. The van der Waals surface area contributed by atoms with Crippen LogP contribution in [0.2, 0.25) is 0 Å². The number of non-ortho nitro benzene ring substituents is 1. The summed E-state index contributed by atoms with van der Waals surface area (Å²) in [6.07, 6.45) is 0. The third-order valence-corrected chi connectivity index (χ3v) is 3.42. The van der Waals surface area contributed by atoms with Crippen LogP contribution in [-0.4, -0.2) is 20.0 Å². The summed E-state index contributed by atoms with van der Waals surface area (Å²) in [7, 11) is 0. The molecule has 0 fully saturated rings. The van der Waals surface area contributed by atoms with Gasteiger partial charge in [-0.1, -0.05) is 11.2 Å². The van der Waals surface area contributed by atoms with Crippen LogP contribution in [-0.2, 0) is 0 Å². The van der Waals surface area contributed by atoms with Crippen LogP contribution in [0.25, 0.3) is 22.8 Å². The lowest BCUT2D eigenvalue weighted by Gasteiger charge is -1.98. The number of hydrogen-bond acceptors (Lipinski definition) is 7. The Hall–Kier alpha value is -3.62. The molecule has 0 spiro atoms. The Morgan fingerprint density at radius 3 is 2.25 bits per heavy atom. The van der Waals surface area contributed by atoms with Crippen molar-refractivity contribution in [3.8, 4) is 22.8 Å². The second-order valence-corrected chi connectivity index (χ2v) is 4.99. The summed E-state index contributed by atoms with van der Waals surface area (Å²) in [6, 6.07) is 10.3. The predicted molar refractivity (Wildman–Crippen MR) is 83.2 cm³/mol. The zero-order valence-corrected chi connectivity index (χ0v) is 12.4. The Morgan fingerprint density at radius 1 is 0.958 bits per heavy atom. The second-order valence-electron chi connectivity index (χ2n) is 4.99. The van der Waals surface area contributed by atoms with E-state index in [0.717, 1.165) is 0 Å². The molecule has 1 aromatic heterocycles. The van der Waals surface area contributed by atoms with Gasteiger partial charge in [-0.15, -0.1) is 0 Å². The average Bonchev–Trinajstić information content (AvgIpc) is 3.05. The van der Waals surface area contributed by atoms with Gasteiger partial charge >= 0.3 is 0 Å². The van der Waals surface area contributed by atoms with E-state index in [4.69, 9.17) is 4.52 Å². The fourth-order valence-electron chi connectivity index (χ4n) is 2.13. The van der Waals surface area contributed by atoms with Crippen LogP contribution in [0.15, 0.2) is 47.0 Å². The van der Waals surface area contributed by atoms with Gasteiger partial charge in [0.05, 0.1) is 9.85 Å². The van der Waals surface area contributed by atoms with Gasteiger partial charge in [-0.05, 0) is 25.1 Å². The van der Waals surface area contributed by atoms with Crippen LogP contribution < -0.4 is 0 Å². The summed E-state index contributed by atoms with van der Waals surface area (Å²) in [6.45, 7) is 1.64. The maximum atomic E-state index is 11.0. The molecule has 3 aromatic rings. The molecule has 120 valence electrons. The van der Waals surface area contributed by atoms with Gasteiger partial charge in [-0.2, -0.15) is 4.98 Å². The topological polar surface area (TPSA) is 125 Å². The number of hydrogen-bond donors (Lipinski definition) is 0. The van der Waals surface area contributed by atoms with Crippen LogP contribution in [0, 0.1) is 27.2 Å². The number of benzene rings is 2. The summed E-state index contributed by atoms with van der Waals surface area (Å²) in [5.74, 6) is 0.370. The number of rotatable bonds is 4. The van der Waals surface area contributed by atoms with Crippen molar-refractivity contribution in [3.63, 3.8) is 0 Å². The standard InChI is InChI=1S/C15H10N4O5/c1-9-2-3-11(8-13(9)19(22)23)15-16-14(17-24-15)10-4-6-12(7-5-10)18(20)21/h2-8H,1H3. The SMILES string of the molecule is Cc1ccc(-c2nc(-c3ccc([N+](=O)[O-])cc3)no2)cc1[N+](=O)[O-]. The van der Waals surface area contributed by atoms with Crippen molar-refractivity contribution >= 4 is 11.4 Å². The Bertz CT molecular complexity index is 933. The number of aryl methyl sites for hydroxylation is 1. The maximum Gasteiger partial charge on any atom is 0.273 e. The summed E-state index contributed by atoms with van der Waals surface area (Å²) < 4.78 is 5.14. The summed E-state index contributed by atoms with van der Waals surface area (Å²) in [5, 5.41) is 25.5. The molecule has 0 aliphatic carbocycles. The minimum Gasteiger partial charge on any atom is -0.334 e. The minimum atomic E-state index is -0.503. The largest absolute Gasteiger partial charge is 0.334 e. The van der Waals surface area contributed by atoms with Crippen LogP contribution in [0.4, 0.5) is 11.4 Å². The van der Waals surface area contributed by atoms with E-state index in [-0.39, 0.29) is 23.1 Å². The fourth-order valence-corrected chi connectivity index (χ4v) is 2.13. The Kier molecular flexibility index (Phi) is 3.74. The lowest BCUT2D eigenvalue weighted by atomic mass is 10.1. The molecule has 9 heteroatoms. The maximum absolute atomic E-state index is 11.0. The molecule has 0 aliphatic rings. The predicted octanol–water partition coefficient (Wildman–Crippen LogP) is 3.53. The Morgan fingerprint density at radius 2 is 1.62 bits per heavy atom. The van der Waals surface area contributed by atoms with Crippen LogP contribution in [0.3, 0.4) is 0 Å². The molecule has 1 heterocycles. The van der Waals surface area contributed by atoms with Gasteiger partial charge < -0.3 is 4.52 Å². The third kappa shape index (κ3) is 2.82. The third-order valence-electron chi connectivity index (χ3n) is 3.42. The molecule has 0 unspecified atom stereocenters. The van der Waals surface area contributed by atoms with Gasteiger partial charge in [0, 0.05) is 34.9 Å². The number of nitro benzene ring substituents is 2. The summed E-state index contributed by atoms with van der Waals surface area (Å²) >= 11 is 0. The molecule has 9 nitrogen and oxygen atoms in total. The monoisotopic (exact) mass is 326 g/mol. The zero-order valence-electron chi connectivity index (χ0n) is 12.4. The molecule has 0 N–H and O–H groups in total. The molecule has 0 bridgehead atoms. The first-order valence-corrected chi connectivity index (χ1v) is 6.79. The van der Waals surface area contributed by atoms with Crippen LogP contribution in [0.5, 0.6) is 0 Å². The van der Waals surface area contributed by atoms with Crippen LogP contribution in [0.1, 0.15) is 5.56 Å². The molecule has 0 atom stereocenters. The molecule has 0 saturated heterocycles. The molecule has 3 rings (SSSR count). The first-order valence-electron chi connectivity index (χ1n) is 6.79. The first kappa shape index (κ1) is 15.3. The van der Waals surface area contributed by atoms with Gasteiger partial charge in [0.15, 0.2) is 0 Å². The molecule has 24 heavy (non-hydrogen) atoms. The molecule has 2 aromatic carbocycles. The van der Waals surface area contributed by atoms with Crippen molar-refractivity contribution < 1.29 is 14.4 Å². The van der Waals surface area contributed by atoms with E-state index >= 15 is 0 Å². The van der Waals surface area contributed by atoms with E-state index < -0.39 is 9.85 Å².